The second kappa shape index (κ2) is 13.0. The molecule has 1 heterocycles. The van der Waals surface area contributed by atoms with Gasteiger partial charge in [0, 0.05) is 28.1 Å². The van der Waals surface area contributed by atoms with Crippen LogP contribution in [0.5, 0.6) is 0 Å². The van der Waals surface area contributed by atoms with Crippen molar-refractivity contribution in [1.82, 2.24) is 15.0 Å². The van der Waals surface area contributed by atoms with Crippen LogP contribution in [0.4, 0.5) is 17.1 Å². The van der Waals surface area contributed by atoms with Crippen LogP contribution in [-0.2, 0) is 0 Å². The van der Waals surface area contributed by atoms with Crippen molar-refractivity contribution >= 4 is 50.8 Å². The molecule has 49 heavy (non-hydrogen) atoms. The normalized spacial score (nSPS) is 12.1. The molecular weight excluding hydrogens is 597 g/mol. The summed E-state index contributed by atoms with van der Waals surface area (Å²) in [6.07, 6.45) is 4.26. The summed E-state index contributed by atoms with van der Waals surface area (Å²) in [5.74, 6) is 1.87. The van der Waals surface area contributed by atoms with Crippen molar-refractivity contribution in [2.75, 3.05) is 4.90 Å². The minimum absolute atomic E-state index is 0.610. The number of fused-ring (bicyclic) bond motifs is 3. The Balaban J connectivity index is 1.40. The molecule has 0 fully saturated rings. The van der Waals surface area contributed by atoms with E-state index in [0.717, 1.165) is 44.4 Å². The third kappa shape index (κ3) is 5.64. The molecule has 8 rings (SSSR count). The highest BCUT2D eigenvalue weighted by Crippen LogP contribution is 2.40. The first-order chi connectivity index (χ1) is 24.2. The minimum atomic E-state index is 0.610. The third-order valence-corrected chi connectivity index (χ3v) is 9.04. The van der Waals surface area contributed by atoms with Gasteiger partial charge in [0.15, 0.2) is 17.5 Å². The average molecular weight is 631 g/mol. The van der Waals surface area contributed by atoms with E-state index in [-0.39, 0.29) is 0 Å². The zero-order valence-electron chi connectivity index (χ0n) is 27.5. The number of aromatic nitrogens is 3. The molecule has 0 aliphatic heterocycles. The Morgan fingerprint density at radius 3 is 1.76 bits per heavy atom. The van der Waals surface area contributed by atoms with Gasteiger partial charge in [-0.05, 0) is 88.3 Å². The molecule has 7 aromatic carbocycles. The van der Waals surface area contributed by atoms with Crippen LogP contribution in [0, 0.1) is 0 Å². The maximum absolute atomic E-state index is 5.27. The van der Waals surface area contributed by atoms with E-state index in [1.807, 2.05) is 12.1 Å². The maximum Gasteiger partial charge on any atom is 0.166 e. The highest BCUT2D eigenvalue weighted by Gasteiger charge is 2.21. The highest BCUT2D eigenvalue weighted by atomic mass is 15.1. The van der Waals surface area contributed by atoms with Crippen LogP contribution in [0.25, 0.3) is 67.9 Å². The molecule has 0 aliphatic carbocycles. The molecule has 1 aromatic heterocycles. The van der Waals surface area contributed by atoms with Gasteiger partial charge in [0.05, 0.1) is 5.69 Å². The van der Waals surface area contributed by atoms with Crippen molar-refractivity contribution < 1.29 is 0 Å². The molecule has 0 N–H and O–H groups in total. The van der Waals surface area contributed by atoms with E-state index in [4.69, 9.17) is 15.0 Å². The quantitative estimate of drug-likeness (QED) is 0.172. The monoisotopic (exact) mass is 630 g/mol. The molecule has 4 nitrogen and oxygen atoms in total. The van der Waals surface area contributed by atoms with E-state index in [0.29, 0.717) is 17.5 Å². The van der Waals surface area contributed by atoms with Crippen molar-refractivity contribution in [3.63, 3.8) is 0 Å². The zero-order chi connectivity index (χ0) is 33.2. The van der Waals surface area contributed by atoms with Gasteiger partial charge in [0.1, 0.15) is 0 Å². The van der Waals surface area contributed by atoms with E-state index >= 15 is 0 Å². The Kier molecular flexibility index (Phi) is 7.96. The molecule has 4 heteroatoms. The lowest BCUT2D eigenvalue weighted by Crippen LogP contribution is -2.23. The molecule has 0 bridgehead atoms. The summed E-state index contributed by atoms with van der Waals surface area (Å²) in [6, 6.07) is 54.9. The first-order valence-electron chi connectivity index (χ1n) is 16.6. The van der Waals surface area contributed by atoms with E-state index < -0.39 is 0 Å². The summed E-state index contributed by atoms with van der Waals surface area (Å²) in [5, 5.41) is 7.00. The molecule has 0 atom stereocenters. The van der Waals surface area contributed by atoms with Gasteiger partial charge in [-0.1, -0.05) is 127 Å². The van der Waals surface area contributed by atoms with Crippen LogP contribution in [0.3, 0.4) is 0 Å². The summed E-state index contributed by atoms with van der Waals surface area (Å²) >= 11 is 0. The molecule has 0 aliphatic rings. The number of hydrogen-bond acceptors (Lipinski definition) is 4. The number of rotatable bonds is 6. The lowest BCUT2D eigenvalue weighted by Gasteiger charge is -2.27. The highest BCUT2D eigenvalue weighted by molar-refractivity contribution is 6.11. The fourth-order valence-electron chi connectivity index (χ4n) is 6.65. The first-order valence-corrected chi connectivity index (χ1v) is 16.6. The van der Waals surface area contributed by atoms with Gasteiger partial charge in [0.25, 0.3) is 0 Å². The van der Waals surface area contributed by atoms with Crippen molar-refractivity contribution in [3.05, 3.63) is 168 Å². The Bertz CT molecular complexity index is 2540. The zero-order valence-corrected chi connectivity index (χ0v) is 27.5. The number of para-hydroxylation sites is 3. The van der Waals surface area contributed by atoms with Gasteiger partial charge < -0.3 is 4.90 Å². The summed E-state index contributed by atoms with van der Waals surface area (Å²) in [7, 11) is 0. The van der Waals surface area contributed by atoms with E-state index in [2.05, 4.69) is 176 Å². The van der Waals surface area contributed by atoms with Crippen molar-refractivity contribution in [1.29, 1.82) is 0 Å². The summed E-state index contributed by atoms with van der Waals surface area (Å²) in [6.45, 7) is 4.13. The lowest BCUT2D eigenvalue weighted by molar-refractivity contribution is 1.07. The lowest BCUT2D eigenvalue weighted by atomic mass is 9.98. The molecule has 234 valence electrons. The van der Waals surface area contributed by atoms with E-state index in [9.17, 15) is 0 Å². The molecule has 8 aromatic rings. The van der Waals surface area contributed by atoms with Gasteiger partial charge >= 0.3 is 0 Å². The Morgan fingerprint density at radius 2 is 1.02 bits per heavy atom. The van der Waals surface area contributed by atoms with Crippen LogP contribution >= 0.6 is 0 Å². The second-order valence-electron chi connectivity index (χ2n) is 11.9. The number of hydrogen-bond donors (Lipinski definition) is 0. The number of anilines is 3. The second-order valence-corrected chi connectivity index (χ2v) is 11.9. The average Bonchev–Trinajstić information content (AvgIpc) is 3.18. The molecule has 0 spiro atoms. The largest absolute Gasteiger partial charge is 0.310 e. The summed E-state index contributed by atoms with van der Waals surface area (Å²) < 4.78 is 0. The molecule has 0 saturated carbocycles. The fourth-order valence-corrected chi connectivity index (χ4v) is 6.65. The van der Waals surface area contributed by atoms with Gasteiger partial charge in [-0.2, -0.15) is 0 Å². The van der Waals surface area contributed by atoms with E-state index in [1.54, 1.807) is 0 Å². The predicted molar refractivity (Wildman–Crippen MR) is 205 cm³/mol. The Morgan fingerprint density at radius 1 is 0.429 bits per heavy atom. The van der Waals surface area contributed by atoms with E-state index in [1.165, 1.54) is 21.4 Å². The van der Waals surface area contributed by atoms with Gasteiger partial charge in [-0.3, -0.25) is 0 Å². The fraction of sp³-hybridized carbons (Fsp3) is 0.0444. The smallest absolute Gasteiger partial charge is 0.166 e. The summed E-state index contributed by atoms with van der Waals surface area (Å²) in [4.78, 5) is 17.9. The molecule has 0 radical (unpaired) electrons. The van der Waals surface area contributed by atoms with Crippen LogP contribution < -0.4 is 15.3 Å². The number of nitrogens with zero attached hydrogens (tertiary/aromatic N) is 4. The van der Waals surface area contributed by atoms with Crippen LogP contribution in [0.2, 0.25) is 0 Å². The first kappa shape index (κ1) is 30.0. The van der Waals surface area contributed by atoms with Gasteiger partial charge in [-0.15, -0.1) is 0 Å². The minimum Gasteiger partial charge on any atom is -0.310 e. The molecule has 0 saturated heterocycles. The molecule has 0 unspecified atom stereocenters. The van der Waals surface area contributed by atoms with Crippen LogP contribution in [0.1, 0.15) is 13.8 Å². The van der Waals surface area contributed by atoms with Crippen molar-refractivity contribution in [3.8, 4) is 34.2 Å². The standard InChI is InChI=1S/C45H34N4/c1-3-31-26-27-34(30-32(31)4-2)43-46-44(40-24-15-23-38-37-21-12-11-16-33(37)28-29-39(38)40)48-45(47-43)41-22-13-14-25-42(41)49(35-17-7-5-8-18-35)36-19-9-6-10-20-36/h3-30H,1-2H3/b31-3-,32-4-. The van der Waals surface area contributed by atoms with Crippen molar-refractivity contribution in [2.24, 2.45) is 0 Å². The Hall–Kier alpha value is -6.39. The van der Waals surface area contributed by atoms with Crippen molar-refractivity contribution in [2.45, 2.75) is 13.8 Å². The van der Waals surface area contributed by atoms with Crippen LogP contribution in [-0.4, -0.2) is 15.0 Å². The van der Waals surface area contributed by atoms with Gasteiger partial charge in [-0.25, -0.2) is 15.0 Å². The van der Waals surface area contributed by atoms with Gasteiger partial charge in [0.2, 0.25) is 0 Å². The number of benzene rings is 7. The third-order valence-electron chi connectivity index (χ3n) is 9.04. The van der Waals surface area contributed by atoms with Crippen LogP contribution in [0.15, 0.2) is 158 Å². The topological polar surface area (TPSA) is 41.9 Å². The maximum atomic E-state index is 5.27. The SMILES string of the molecule is C/C=c1/ccc(-c2nc(-c3ccccc3N(c3ccccc3)c3ccccc3)nc(-c3cccc4c3ccc3ccccc34)n2)c/c1=C/C. The predicted octanol–water partition coefficient (Wildman–Crippen LogP) is 10.2. The summed E-state index contributed by atoms with van der Waals surface area (Å²) in [5.41, 5.74) is 5.89. The molecular formula is C45H34N4. The Labute approximate surface area is 286 Å². The molecule has 0 amide bonds.